The van der Waals surface area contributed by atoms with Crippen molar-refractivity contribution in [2.24, 2.45) is 0 Å². The number of nitriles is 1. The van der Waals surface area contributed by atoms with Crippen LogP contribution in [0, 0.1) is 11.3 Å². The van der Waals surface area contributed by atoms with Crippen molar-refractivity contribution in [2.45, 2.75) is 25.9 Å². The minimum atomic E-state index is -1.01. The molecule has 2 rings (SSSR count). The van der Waals surface area contributed by atoms with Gasteiger partial charge in [-0.2, -0.15) is 5.26 Å². The van der Waals surface area contributed by atoms with Gasteiger partial charge in [0, 0.05) is 19.7 Å². The first-order chi connectivity index (χ1) is 9.65. The van der Waals surface area contributed by atoms with E-state index in [9.17, 15) is 10.1 Å². The zero-order chi connectivity index (χ0) is 14.5. The molecule has 1 saturated heterocycles. The summed E-state index contributed by atoms with van der Waals surface area (Å²) in [6.45, 7) is 4.36. The van der Waals surface area contributed by atoms with Crippen molar-refractivity contribution in [3.8, 4) is 6.07 Å². The molecular weight excluding hydrogens is 256 g/mol. The molecule has 1 aliphatic rings. The van der Waals surface area contributed by atoms with Crippen LogP contribution in [0.15, 0.2) is 18.2 Å². The van der Waals surface area contributed by atoms with Crippen LogP contribution in [0.1, 0.15) is 35.7 Å². The largest absolute Gasteiger partial charge is 0.478 e. The molecule has 20 heavy (non-hydrogen) atoms. The number of carbonyl (C=O) groups is 1. The number of anilines is 1. The molecule has 1 N–H and O–H groups in total. The highest BCUT2D eigenvalue weighted by molar-refractivity contribution is 5.89. The van der Waals surface area contributed by atoms with Gasteiger partial charge in [0.15, 0.2) is 0 Å². The average molecular weight is 274 g/mol. The highest BCUT2D eigenvalue weighted by Gasteiger charge is 2.21. The van der Waals surface area contributed by atoms with E-state index < -0.39 is 5.97 Å². The molecule has 0 amide bonds. The van der Waals surface area contributed by atoms with Gasteiger partial charge in [0.25, 0.3) is 0 Å². The minimum absolute atomic E-state index is 0.148. The van der Waals surface area contributed by atoms with Gasteiger partial charge in [-0.3, -0.25) is 0 Å². The third-order valence-electron chi connectivity index (χ3n) is 3.55. The summed E-state index contributed by atoms with van der Waals surface area (Å²) in [5.74, 6) is -1.01. The first-order valence-corrected chi connectivity index (χ1v) is 6.79. The molecule has 0 spiro atoms. The number of hydrogen-bond acceptors (Lipinski definition) is 4. The molecule has 1 aromatic carbocycles. The third-order valence-corrected chi connectivity index (χ3v) is 3.55. The molecule has 1 fully saturated rings. The standard InChI is InChI=1S/C15H18N2O3/c1-2-20-13-5-7-17(8-6-13)14-4-3-11(15(18)19)9-12(14)10-16/h3-4,9,13H,2,5-8H2,1H3,(H,18,19). The van der Waals surface area contributed by atoms with Gasteiger partial charge in [-0.25, -0.2) is 4.79 Å². The summed E-state index contributed by atoms with van der Waals surface area (Å²) in [6, 6.07) is 6.80. The number of hydrogen-bond donors (Lipinski definition) is 1. The summed E-state index contributed by atoms with van der Waals surface area (Å²) in [4.78, 5) is 13.1. The van der Waals surface area contributed by atoms with E-state index in [0.717, 1.165) is 38.2 Å². The van der Waals surface area contributed by atoms with Gasteiger partial charge in [0.2, 0.25) is 0 Å². The Balaban J connectivity index is 2.14. The van der Waals surface area contributed by atoms with Crippen molar-refractivity contribution in [1.29, 1.82) is 5.26 Å². The maximum atomic E-state index is 10.9. The first-order valence-electron chi connectivity index (χ1n) is 6.79. The van der Waals surface area contributed by atoms with Crippen LogP contribution >= 0.6 is 0 Å². The van der Waals surface area contributed by atoms with Crippen molar-refractivity contribution in [3.63, 3.8) is 0 Å². The predicted octanol–water partition coefficient (Wildman–Crippen LogP) is 2.26. The van der Waals surface area contributed by atoms with Crippen LogP contribution in [-0.4, -0.2) is 36.9 Å². The van der Waals surface area contributed by atoms with Crippen LogP contribution in [-0.2, 0) is 4.74 Å². The topological polar surface area (TPSA) is 73.6 Å². The molecule has 0 aromatic heterocycles. The Morgan fingerprint density at radius 1 is 1.50 bits per heavy atom. The summed E-state index contributed by atoms with van der Waals surface area (Å²) < 4.78 is 5.60. The number of carboxylic acid groups (broad SMARTS) is 1. The zero-order valence-electron chi connectivity index (χ0n) is 11.5. The highest BCUT2D eigenvalue weighted by atomic mass is 16.5. The monoisotopic (exact) mass is 274 g/mol. The molecule has 0 aliphatic carbocycles. The number of ether oxygens (including phenoxy) is 1. The second-order valence-corrected chi connectivity index (χ2v) is 4.79. The van der Waals surface area contributed by atoms with E-state index >= 15 is 0 Å². The lowest BCUT2D eigenvalue weighted by molar-refractivity contribution is 0.0459. The van der Waals surface area contributed by atoms with Crippen LogP contribution in [0.2, 0.25) is 0 Å². The van der Waals surface area contributed by atoms with Crippen molar-refractivity contribution in [3.05, 3.63) is 29.3 Å². The molecule has 0 saturated carbocycles. The summed E-state index contributed by atoms with van der Waals surface area (Å²) >= 11 is 0. The zero-order valence-corrected chi connectivity index (χ0v) is 11.5. The van der Waals surface area contributed by atoms with Gasteiger partial charge in [0.05, 0.1) is 22.9 Å². The van der Waals surface area contributed by atoms with Crippen molar-refractivity contribution in [2.75, 3.05) is 24.6 Å². The van der Waals surface area contributed by atoms with E-state index in [0.29, 0.717) is 11.7 Å². The summed E-state index contributed by atoms with van der Waals surface area (Å²) in [7, 11) is 0. The van der Waals surface area contributed by atoms with Crippen LogP contribution in [0.5, 0.6) is 0 Å². The summed E-state index contributed by atoms with van der Waals surface area (Å²) in [6.07, 6.45) is 2.15. The number of nitrogens with zero attached hydrogens (tertiary/aromatic N) is 2. The fourth-order valence-electron chi connectivity index (χ4n) is 2.53. The second kappa shape index (κ2) is 6.40. The van der Waals surface area contributed by atoms with Gasteiger partial charge in [-0.05, 0) is 38.0 Å². The lowest BCUT2D eigenvalue weighted by Crippen LogP contribution is -2.37. The van der Waals surface area contributed by atoms with Gasteiger partial charge in [-0.15, -0.1) is 0 Å². The lowest BCUT2D eigenvalue weighted by Gasteiger charge is -2.33. The Morgan fingerprint density at radius 2 is 2.20 bits per heavy atom. The van der Waals surface area contributed by atoms with Gasteiger partial charge >= 0.3 is 5.97 Å². The maximum absolute atomic E-state index is 10.9. The molecule has 5 nitrogen and oxygen atoms in total. The van der Waals surface area contributed by atoms with E-state index in [2.05, 4.69) is 11.0 Å². The number of rotatable bonds is 4. The summed E-state index contributed by atoms with van der Waals surface area (Å²) in [5.41, 5.74) is 1.38. The van der Waals surface area contributed by atoms with Crippen LogP contribution in [0.3, 0.4) is 0 Å². The van der Waals surface area contributed by atoms with E-state index in [1.165, 1.54) is 6.07 Å². The Bertz CT molecular complexity index is 528. The quantitative estimate of drug-likeness (QED) is 0.911. The molecule has 1 aliphatic heterocycles. The molecule has 0 radical (unpaired) electrons. The van der Waals surface area contributed by atoms with Crippen molar-refractivity contribution < 1.29 is 14.6 Å². The molecule has 0 unspecified atom stereocenters. The molecular formula is C15H18N2O3. The number of piperidine rings is 1. The predicted molar refractivity (Wildman–Crippen MR) is 75.0 cm³/mol. The van der Waals surface area contributed by atoms with Gasteiger partial charge < -0.3 is 14.7 Å². The number of aromatic carboxylic acids is 1. The number of benzene rings is 1. The van der Waals surface area contributed by atoms with Gasteiger partial charge in [0.1, 0.15) is 6.07 Å². The van der Waals surface area contributed by atoms with Crippen molar-refractivity contribution in [1.82, 2.24) is 0 Å². The van der Waals surface area contributed by atoms with Crippen LogP contribution in [0.4, 0.5) is 5.69 Å². The lowest BCUT2D eigenvalue weighted by atomic mass is 10.0. The molecule has 0 atom stereocenters. The van der Waals surface area contributed by atoms with E-state index in [1.807, 2.05) is 6.92 Å². The second-order valence-electron chi connectivity index (χ2n) is 4.79. The fourth-order valence-corrected chi connectivity index (χ4v) is 2.53. The fraction of sp³-hybridized carbons (Fsp3) is 0.467. The van der Waals surface area contributed by atoms with Crippen LogP contribution in [0.25, 0.3) is 0 Å². The van der Waals surface area contributed by atoms with Crippen molar-refractivity contribution >= 4 is 11.7 Å². The SMILES string of the molecule is CCOC1CCN(c2ccc(C(=O)O)cc2C#N)CC1. The molecule has 106 valence electrons. The normalized spacial score (nSPS) is 15.9. The van der Waals surface area contributed by atoms with Gasteiger partial charge in [-0.1, -0.05) is 0 Å². The molecule has 1 aromatic rings. The molecule has 1 heterocycles. The average Bonchev–Trinajstić information content (AvgIpc) is 2.47. The Labute approximate surface area is 118 Å². The smallest absolute Gasteiger partial charge is 0.335 e. The Hall–Kier alpha value is -2.06. The third kappa shape index (κ3) is 3.09. The molecule has 5 heteroatoms. The Kier molecular flexibility index (Phi) is 4.59. The number of carboxylic acids is 1. The highest BCUT2D eigenvalue weighted by Crippen LogP contribution is 2.25. The maximum Gasteiger partial charge on any atom is 0.335 e. The van der Waals surface area contributed by atoms with Crippen LogP contribution < -0.4 is 4.90 Å². The van der Waals surface area contributed by atoms with E-state index in [1.54, 1.807) is 12.1 Å². The van der Waals surface area contributed by atoms with E-state index in [4.69, 9.17) is 9.84 Å². The molecule has 0 bridgehead atoms. The first kappa shape index (κ1) is 14.4. The Morgan fingerprint density at radius 3 is 2.75 bits per heavy atom. The minimum Gasteiger partial charge on any atom is -0.478 e. The van der Waals surface area contributed by atoms with E-state index in [-0.39, 0.29) is 5.56 Å². The summed E-state index contributed by atoms with van der Waals surface area (Å²) in [5, 5.41) is 18.2.